The fraction of sp³-hybridized carbons (Fsp3) is 0.292. The van der Waals surface area contributed by atoms with Crippen molar-refractivity contribution in [1.82, 2.24) is 15.1 Å². The van der Waals surface area contributed by atoms with Gasteiger partial charge in [-0.2, -0.15) is 23.0 Å². The van der Waals surface area contributed by atoms with Crippen molar-refractivity contribution in [2.75, 3.05) is 6.54 Å². The molecule has 0 unspecified atom stereocenters. The Morgan fingerprint density at radius 1 is 1.17 bits per heavy atom. The standard InChI is InChI=1S/C24H18ClF4N3O3/c25-16-3-1-2-15(23(7-8-23)24(27,28)29)19(16)21(33)32-18-11-30-9-6-14(18)20(31-32)13-5-4-12(22(34)35)10-17(13)26/h1-5,10,30H,6-9,11H2,(H,34,35). The smallest absolute Gasteiger partial charge is 0.398 e. The molecule has 35 heavy (non-hydrogen) atoms. The number of carbonyl (C=O) groups is 2. The number of carboxylic acid groups (broad SMARTS) is 1. The predicted molar refractivity (Wildman–Crippen MR) is 118 cm³/mol. The van der Waals surface area contributed by atoms with Gasteiger partial charge in [-0.25, -0.2) is 9.18 Å². The summed E-state index contributed by atoms with van der Waals surface area (Å²) in [5, 5.41) is 16.4. The minimum absolute atomic E-state index is 0.00645. The number of rotatable bonds is 4. The van der Waals surface area contributed by atoms with Crippen molar-refractivity contribution in [1.29, 1.82) is 0 Å². The highest BCUT2D eigenvalue weighted by atomic mass is 35.5. The Morgan fingerprint density at radius 3 is 2.54 bits per heavy atom. The summed E-state index contributed by atoms with van der Waals surface area (Å²) in [4.78, 5) is 24.9. The Kier molecular flexibility index (Phi) is 5.48. The predicted octanol–water partition coefficient (Wildman–Crippen LogP) is 4.97. The Balaban J connectivity index is 1.66. The number of hydrogen-bond donors (Lipinski definition) is 2. The van der Waals surface area contributed by atoms with Crippen molar-refractivity contribution in [2.45, 2.75) is 37.4 Å². The summed E-state index contributed by atoms with van der Waals surface area (Å²) in [7, 11) is 0. The van der Waals surface area contributed by atoms with Crippen LogP contribution in [0.25, 0.3) is 11.3 Å². The van der Waals surface area contributed by atoms with Gasteiger partial charge in [-0.15, -0.1) is 0 Å². The van der Waals surface area contributed by atoms with Gasteiger partial charge in [0.15, 0.2) is 0 Å². The van der Waals surface area contributed by atoms with Gasteiger partial charge in [0.25, 0.3) is 5.91 Å². The van der Waals surface area contributed by atoms with Gasteiger partial charge in [-0.05, 0) is 55.6 Å². The van der Waals surface area contributed by atoms with Gasteiger partial charge in [0.05, 0.1) is 33.0 Å². The third-order valence-electron chi connectivity index (χ3n) is 6.63. The molecule has 5 rings (SSSR count). The van der Waals surface area contributed by atoms with Crippen LogP contribution in [0, 0.1) is 5.82 Å². The maximum Gasteiger partial charge on any atom is 0.398 e. The van der Waals surface area contributed by atoms with Crippen LogP contribution in [-0.4, -0.2) is 39.5 Å². The van der Waals surface area contributed by atoms with Crippen molar-refractivity contribution in [2.24, 2.45) is 0 Å². The lowest BCUT2D eigenvalue weighted by molar-refractivity contribution is -0.160. The molecule has 2 heterocycles. The molecule has 1 saturated carbocycles. The van der Waals surface area contributed by atoms with Gasteiger partial charge in [-0.1, -0.05) is 23.7 Å². The SMILES string of the molecule is O=C(O)c1ccc(-c2nn(C(=O)c3c(Cl)cccc3C3(C(F)(F)F)CC3)c3c2CCNC3)c(F)c1. The van der Waals surface area contributed by atoms with E-state index >= 15 is 0 Å². The minimum atomic E-state index is -4.56. The lowest BCUT2D eigenvalue weighted by Gasteiger charge is -2.23. The van der Waals surface area contributed by atoms with Crippen LogP contribution in [-0.2, 0) is 18.4 Å². The summed E-state index contributed by atoms with van der Waals surface area (Å²) in [6, 6.07) is 7.34. The lowest BCUT2D eigenvalue weighted by atomic mass is 9.90. The molecule has 0 amide bonds. The number of alkyl halides is 3. The third kappa shape index (κ3) is 3.71. The molecule has 182 valence electrons. The average Bonchev–Trinajstić information content (AvgIpc) is 3.55. The number of hydrogen-bond acceptors (Lipinski definition) is 4. The van der Waals surface area contributed by atoms with E-state index in [1.165, 1.54) is 30.3 Å². The van der Waals surface area contributed by atoms with Gasteiger partial charge in [0.2, 0.25) is 0 Å². The quantitative estimate of drug-likeness (QED) is 0.487. The van der Waals surface area contributed by atoms with E-state index in [-0.39, 0.29) is 52.4 Å². The Labute approximate surface area is 201 Å². The Morgan fingerprint density at radius 2 is 1.91 bits per heavy atom. The maximum atomic E-state index is 14.9. The van der Waals surface area contributed by atoms with Gasteiger partial charge in [0, 0.05) is 17.7 Å². The van der Waals surface area contributed by atoms with Gasteiger partial charge >= 0.3 is 12.1 Å². The Bertz CT molecular complexity index is 1380. The molecule has 0 radical (unpaired) electrons. The highest BCUT2D eigenvalue weighted by Gasteiger charge is 2.65. The van der Waals surface area contributed by atoms with Gasteiger partial charge in [0.1, 0.15) is 5.82 Å². The fourth-order valence-electron chi connectivity index (χ4n) is 4.65. The van der Waals surface area contributed by atoms with Gasteiger partial charge in [-0.3, -0.25) is 4.79 Å². The van der Waals surface area contributed by atoms with Crippen LogP contribution in [0.5, 0.6) is 0 Å². The molecule has 0 spiro atoms. The molecule has 3 aromatic rings. The highest BCUT2D eigenvalue weighted by Crippen LogP contribution is 2.60. The molecule has 1 aromatic heterocycles. The van der Waals surface area contributed by atoms with E-state index < -0.39 is 29.3 Å². The van der Waals surface area contributed by atoms with Crippen LogP contribution in [0.15, 0.2) is 36.4 Å². The molecule has 0 bridgehead atoms. The first-order valence-corrected chi connectivity index (χ1v) is 11.2. The van der Waals surface area contributed by atoms with Crippen molar-refractivity contribution in [3.63, 3.8) is 0 Å². The van der Waals surface area contributed by atoms with E-state index in [4.69, 9.17) is 16.7 Å². The maximum absolute atomic E-state index is 14.9. The third-order valence-corrected chi connectivity index (χ3v) is 6.95. The zero-order chi connectivity index (χ0) is 25.1. The van der Waals surface area contributed by atoms with Crippen molar-refractivity contribution in [3.8, 4) is 11.3 Å². The van der Waals surface area contributed by atoms with Crippen LogP contribution in [0.3, 0.4) is 0 Å². The number of fused-ring (bicyclic) bond motifs is 1. The number of halogens is 5. The monoisotopic (exact) mass is 507 g/mol. The first-order chi connectivity index (χ1) is 16.5. The van der Waals surface area contributed by atoms with E-state index in [0.717, 1.165) is 10.7 Å². The highest BCUT2D eigenvalue weighted by molar-refractivity contribution is 6.34. The summed E-state index contributed by atoms with van der Waals surface area (Å²) >= 11 is 6.28. The van der Waals surface area contributed by atoms with Crippen molar-refractivity contribution >= 4 is 23.5 Å². The van der Waals surface area contributed by atoms with Crippen molar-refractivity contribution < 1.29 is 32.3 Å². The molecule has 6 nitrogen and oxygen atoms in total. The zero-order valence-corrected chi connectivity index (χ0v) is 18.8. The number of aromatic carboxylic acids is 1. The largest absolute Gasteiger partial charge is 0.478 e. The molecule has 1 fully saturated rings. The van der Waals surface area contributed by atoms with Crippen LogP contribution in [0.2, 0.25) is 5.02 Å². The summed E-state index contributed by atoms with van der Waals surface area (Å²) in [6.07, 6.45) is -4.47. The molecule has 1 aliphatic carbocycles. The number of carboxylic acids is 1. The van der Waals surface area contributed by atoms with E-state index in [1.807, 2.05) is 0 Å². The van der Waals surface area contributed by atoms with Crippen LogP contribution in [0.1, 0.15) is 50.4 Å². The Hall–Kier alpha value is -3.24. The first kappa shape index (κ1) is 23.5. The topological polar surface area (TPSA) is 84.2 Å². The average molecular weight is 508 g/mol. The first-order valence-electron chi connectivity index (χ1n) is 10.8. The number of nitrogens with one attached hydrogen (secondary N) is 1. The van der Waals surface area contributed by atoms with E-state index in [2.05, 4.69) is 10.4 Å². The fourth-order valence-corrected chi connectivity index (χ4v) is 4.91. The lowest BCUT2D eigenvalue weighted by Crippen LogP contribution is -2.32. The summed E-state index contributed by atoms with van der Waals surface area (Å²) < 4.78 is 57.6. The zero-order valence-electron chi connectivity index (χ0n) is 18.0. The second-order valence-electron chi connectivity index (χ2n) is 8.66. The molecule has 2 N–H and O–H groups in total. The van der Waals surface area contributed by atoms with E-state index in [1.54, 1.807) is 0 Å². The molecule has 0 saturated heterocycles. The van der Waals surface area contributed by atoms with E-state index in [9.17, 15) is 27.2 Å². The molecular weight excluding hydrogens is 490 g/mol. The molecule has 0 atom stereocenters. The molecule has 2 aromatic carbocycles. The normalized spacial score (nSPS) is 16.6. The number of carbonyl (C=O) groups excluding carboxylic acids is 1. The molecular formula is C24H18ClF4N3O3. The van der Waals surface area contributed by atoms with Crippen molar-refractivity contribution in [3.05, 3.63) is 75.2 Å². The van der Waals surface area contributed by atoms with Gasteiger partial charge < -0.3 is 10.4 Å². The second-order valence-corrected chi connectivity index (χ2v) is 9.07. The number of nitrogens with zero attached hydrogens (tertiary/aromatic N) is 2. The molecule has 2 aliphatic rings. The van der Waals surface area contributed by atoms with Crippen LogP contribution >= 0.6 is 11.6 Å². The summed E-state index contributed by atoms with van der Waals surface area (Å²) in [6.45, 7) is 0.705. The molecule has 11 heteroatoms. The summed E-state index contributed by atoms with van der Waals surface area (Å²) in [5.74, 6) is -2.97. The molecule has 1 aliphatic heterocycles. The number of aromatic nitrogens is 2. The van der Waals surface area contributed by atoms with Crippen LogP contribution < -0.4 is 5.32 Å². The summed E-state index contributed by atoms with van der Waals surface area (Å²) in [5.41, 5.74) is -1.80. The van der Waals surface area contributed by atoms with Crippen LogP contribution in [0.4, 0.5) is 17.6 Å². The minimum Gasteiger partial charge on any atom is -0.478 e. The second kappa shape index (κ2) is 8.17. The van der Waals surface area contributed by atoms with E-state index in [0.29, 0.717) is 24.2 Å². The number of benzene rings is 2.